The van der Waals surface area contributed by atoms with Gasteiger partial charge < -0.3 is 10.7 Å². The Morgan fingerprint density at radius 3 is 2.70 bits per heavy atom. The van der Waals surface area contributed by atoms with Crippen LogP contribution in [0.25, 0.3) is 0 Å². The zero-order valence-corrected chi connectivity index (χ0v) is 15.6. The fourth-order valence-electron chi connectivity index (χ4n) is 2.13. The SMILES string of the molecule is Cc1cc(N(CCC#N)C(=O)CSc2nnc(C(F)(F)F)n2N)ccc1Cl. The summed E-state index contributed by atoms with van der Waals surface area (Å²) in [6.07, 6.45) is -4.66. The molecular weight excluding hydrogens is 405 g/mol. The third kappa shape index (κ3) is 5.05. The fourth-order valence-corrected chi connectivity index (χ4v) is 2.98. The molecule has 1 heterocycles. The van der Waals surface area contributed by atoms with Crippen molar-refractivity contribution >= 4 is 35.0 Å². The van der Waals surface area contributed by atoms with Crippen LogP contribution >= 0.6 is 23.4 Å². The first-order chi connectivity index (χ1) is 12.6. The van der Waals surface area contributed by atoms with Gasteiger partial charge in [-0.05, 0) is 30.7 Å². The number of rotatable bonds is 6. The van der Waals surface area contributed by atoms with Gasteiger partial charge in [0.25, 0.3) is 5.82 Å². The van der Waals surface area contributed by atoms with Gasteiger partial charge in [-0.15, -0.1) is 10.2 Å². The van der Waals surface area contributed by atoms with Crippen LogP contribution in [-0.2, 0) is 11.0 Å². The molecule has 0 radical (unpaired) electrons. The summed E-state index contributed by atoms with van der Waals surface area (Å²) in [5.74, 6) is 3.33. The van der Waals surface area contributed by atoms with Gasteiger partial charge in [0.2, 0.25) is 11.1 Å². The van der Waals surface area contributed by atoms with E-state index in [2.05, 4.69) is 10.2 Å². The maximum Gasteiger partial charge on any atom is 0.453 e. The standard InChI is InChI=1S/C15H14ClF3N6OS/c1-9-7-10(3-4-11(9)16)24(6-2-5-20)12(26)8-27-14-23-22-13(25(14)21)15(17,18)19/h3-4,7H,2,6,8,21H2,1H3. The number of nitrogen functional groups attached to an aromatic ring is 1. The van der Waals surface area contributed by atoms with Crippen molar-refractivity contribution < 1.29 is 18.0 Å². The predicted molar refractivity (Wildman–Crippen MR) is 94.7 cm³/mol. The number of halogens is 4. The molecule has 1 amide bonds. The summed E-state index contributed by atoms with van der Waals surface area (Å²) < 4.78 is 38.4. The van der Waals surface area contributed by atoms with E-state index in [0.29, 0.717) is 15.4 Å². The van der Waals surface area contributed by atoms with E-state index < -0.39 is 17.9 Å². The smallest absolute Gasteiger partial charge is 0.335 e. The first kappa shape index (κ1) is 20.9. The van der Waals surface area contributed by atoms with E-state index in [9.17, 15) is 18.0 Å². The van der Waals surface area contributed by atoms with E-state index in [0.717, 1.165) is 17.3 Å². The summed E-state index contributed by atoms with van der Waals surface area (Å²) in [4.78, 5) is 13.9. The minimum absolute atomic E-state index is 0.0867. The number of thioether (sulfide) groups is 1. The Bertz CT molecular complexity index is 879. The van der Waals surface area contributed by atoms with Gasteiger partial charge in [-0.3, -0.25) is 4.79 Å². The van der Waals surface area contributed by atoms with Crippen LogP contribution < -0.4 is 10.7 Å². The lowest BCUT2D eigenvalue weighted by Gasteiger charge is -2.22. The average Bonchev–Trinajstić information content (AvgIpc) is 2.97. The van der Waals surface area contributed by atoms with Crippen molar-refractivity contribution in [2.75, 3.05) is 23.0 Å². The van der Waals surface area contributed by atoms with Crippen LogP contribution in [0.4, 0.5) is 18.9 Å². The molecule has 0 saturated heterocycles. The zero-order chi connectivity index (χ0) is 20.2. The van der Waals surface area contributed by atoms with Crippen LogP contribution in [0, 0.1) is 18.3 Å². The van der Waals surface area contributed by atoms with Crippen molar-refractivity contribution in [2.24, 2.45) is 0 Å². The molecule has 1 aromatic carbocycles. The second kappa shape index (κ2) is 8.49. The van der Waals surface area contributed by atoms with Gasteiger partial charge in [0.05, 0.1) is 18.2 Å². The van der Waals surface area contributed by atoms with Crippen molar-refractivity contribution in [3.8, 4) is 6.07 Å². The van der Waals surface area contributed by atoms with Gasteiger partial charge in [-0.25, -0.2) is 4.68 Å². The Morgan fingerprint density at radius 1 is 1.44 bits per heavy atom. The number of aryl methyl sites for hydroxylation is 1. The second-order valence-corrected chi connectivity index (χ2v) is 6.70. The molecular formula is C15H14ClF3N6OS. The summed E-state index contributed by atoms with van der Waals surface area (Å²) in [6, 6.07) is 6.89. The first-order valence-electron chi connectivity index (χ1n) is 7.49. The highest BCUT2D eigenvalue weighted by atomic mass is 35.5. The number of carbonyl (C=O) groups excluding carboxylic acids is 1. The van der Waals surface area contributed by atoms with Crippen molar-refractivity contribution in [2.45, 2.75) is 24.7 Å². The maximum absolute atomic E-state index is 12.7. The van der Waals surface area contributed by atoms with Gasteiger partial charge in [0.1, 0.15) is 0 Å². The minimum Gasteiger partial charge on any atom is -0.335 e. The van der Waals surface area contributed by atoms with Gasteiger partial charge >= 0.3 is 6.18 Å². The number of benzene rings is 1. The summed E-state index contributed by atoms with van der Waals surface area (Å²) in [6.45, 7) is 1.89. The van der Waals surface area contributed by atoms with Gasteiger partial charge in [-0.1, -0.05) is 23.4 Å². The molecule has 144 valence electrons. The molecule has 0 unspecified atom stereocenters. The summed E-state index contributed by atoms with van der Waals surface area (Å²) in [5.41, 5.74) is 1.27. The molecule has 2 rings (SSSR count). The van der Waals surface area contributed by atoms with Crippen LogP contribution in [0.2, 0.25) is 5.02 Å². The third-order valence-corrected chi connectivity index (χ3v) is 4.80. The number of hydrogen-bond donors (Lipinski definition) is 1. The number of nitrogens with zero attached hydrogens (tertiary/aromatic N) is 5. The molecule has 1 aromatic heterocycles. The van der Waals surface area contributed by atoms with Crippen LogP contribution in [0.1, 0.15) is 17.8 Å². The number of amides is 1. The minimum atomic E-state index is -4.75. The molecule has 0 spiro atoms. The number of aromatic nitrogens is 3. The Kier molecular flexibility index (Phi) is 6.56. The average molecular weight is 419 g/mol. The molecule has 2 aromatic rings. The summed E-state index contributed by atoms with van der Waals surface area (Å²) in [5, 5.41) is 15.4. The number of anilines is 1. The molecule has 0 atom stereocenters. The Labute approximate surface area is 161 Å². The molecule has 0 aliphatic rings. The largest absolute Gasteiger partial charge is 0.453 e. The highest BCUT2D eigenvalue weighted by Gasteiger charge is 2.38. The summed E-state index contributed by atoms with van der Waals surface area (Å²) >= 11 is 6.70. The Balaban J connectivity index is 2.16. The quantitative estimate of drug-likeness (QED) is 0.571. The summed E-state index contributed by atoms with van der Waals surface area (Å²) in [7, 11) is 0. The fraction of sp³-hybridized carbons (Fsp3) is 0.333. The van der Waals surface area contributed by atoms with Crippen LogP contribution in [0.5, 0.6) is 0 Å². The Morgan fingerprint density at radius 2 is 2.15 bits per heavy atom. The maximum atomic E-state index is 12.7. The molecule has 7 nitrogen and oxygen atoms in total. The molecule has 27 heavy (non-hydrogen) atoms. The van der Waals surface area contributed by atoms with Gasteiger partial charge in [0.15, 0.2) is 0 Å². The lowest BCUT2D eigenvalue weighted by molar-refractivity contribution is -0.146. The number of hydrogen-bond acceptors (Lipinski definition) is 6. The first-order valence-corrected chi connectivity index (χ1v) is 8.85. The third-order valence-electron chi connectivity index (χ3n) is 3.44. The highest BCUT2D eigenvalue weighted by molar-refractivity contribution is 7.99. The van der Waals surface area contributed by atoms with Crippen LogP contribution in [0.15, 0.2) is 23.4 Å². The van der Waals surface area contributed by atoms with Crippen molar-refractivity contribution in [1.82, 2.24) is 14.9 Å². The lowest BCUT2D eigenvalue weighted by Crippen LogP contribution is -2.33. The molecule has 0 fully saturated rings. The molecule has 0 aliphatic carbocycles. The van der Waals surface area contributed by atoms with E-state index in [1.165, 1.54) is 4.90 Å². The normalized spacial score (nSPS) is 11.3. The van der Waals surface area contributed by atoms with E-state index in [1.807, 2.05) is 6.07 Å². The van der Waals surface area contributed by atoms with E-state index in [1.54, 1.807) is 25.1 Å². The number of alkyl halides is 3. The highest BCUT2D eigenvalue weighted by Crippen LogP contribution is 2.29. The second-order valence-electron chi connectivity index (χ2n) is 5.35. The lowest BCUT2D eigenvalue weighted by atomic mass is 10.2. The van der Waals surface area contributed by atoms with Crippen molar-refractivity contribution in [1.29, 1.82) is 5.26 Å². The van der Waals surface area contributed by atoms with E-state index in [4.69, 9.17) is 22.7 Å². The van der Waals surface area contributed by atoms with Crippen LogP contribution in [-0.4, -0.2) is 33.1 Å². The molecule has 0 saturated carbocycles. The van der Waals surface area contributed by atoms with Crippen molar-refractivity contribution in [3.05, 3.63) is 34.6 Å². The predicted octanol–water partition coefficient (Wildman–Crippen LogP) is 3.01. The van der Waals surface area contributed by atoms with Gasteiger partial charge in [0, 0.05) is 17.3 Å². The molecule has 0 aliphatic heterocycles. The molecule has 0 bridgehead atoms. The molecule has 2 N–H and O–H groups in total. The van der Waals surface area contributed by atoms with Crippen molar-refractivity contribution in [3.63, 3.8) is 0 Å². The monoisotopic (exact) mass is 418 g/mol. The van der Waals surface area contributed by atoms with Crippen LogP contribution in [0.3, 0.4) is 0 Å². The Hall–Kier alpha value is -2.45. The number of nitriles is 1. The van der Waals surface area contributed by atoms with Gasteiger partial charge in [-0.2, -0.15) is 18.4 Å². The molecule has 12 heteroatoms. The topological polar surface area (TPSA) is 101 Å². The zero-order valence-electron chi connectivity index (χ0n) is 14.0. The van der Waals surface area contributed by atoms with E-state index >= 15 is 0 Å². The number of carbonyl (C=O) groups is 1. The van der Waals surface area contributed by atoms with E-state index in [-0.39, 0.29) is 23.9 Å². The number of nitrogens with two attached hydrogens (primary N) is 1.